The molecule has 0 radical (unpaired) electrons. The van der Waals surface area contributed by atoms with Gasteiger partial charge in [-0.1, -0.05) is 6.92 Å². The van der Waals surface area contributed by atoms with E-state index in [-0.39, 0.29) is 0 Å². The predicted octanol–water partition coefficient (Wildman–Crippen LogP) is 1.20. The van der Waals surface area contributed by atoms with E-state index in [1.165, 1.54) is 11.3 Å². The number of rotatable bonds is 4. The maximum Gasteiger partial charge on any atom is 0.129 e. The lowest BCUT2D eigenvalue weighted by Gasteiger charge is -2.28. The van der Waals surface area contributed by atoms with Gasteiger partial charge in [0.05, 0.1) is 13.2 Å². The van der Waals surface area contributed by atoms with Crippen LogP contribution in [0.1, 0.15) is 18.2 Å². The van der Waals surface area contributed by atoms with E-state index in [0.717, 1.165) is 45.1 Å². The van der Waals surface area contributed by atoms with E-state index in [4.69, 9.17) is 9.72 Å². The van der Waals surface area contributed by atoms with Crippen molar-refractivity contribution in [2.24, 2.45) is 0 Å². The number of aryl methyl sites for hydroxylation is 1. The van der Waals surface area contributed by atoms with E-state index in [2.05, 4.69) is 29.3 Å². The van der Waals surface area contributed by atoms with Crippen LogP contribution in [0.3, 0.4) is 0 Å². The lowest BCUT2D eigenvalue weighted by molar-refractivity contribution is 0.122. The van der Waals surface area contributed by atoms with Crippen molar-refractivity contribution in [1.82, 2.24) is 10.3 Å². The van der Waals surface area contributed by atoms with Gasteiger partial charge in [-0.3, -0.25) is 0 Å². The van der Waals surface area contributed by atoms with E-state index in [1.807, 2.05) is 7.05 Å². The zero-order valence-corrected chi connectivity index (χ0v) is 10.7. The molecule has 0 saturated carbocycles. The fourth-order valence-corrected chi connectivity index (χ4v) is 2.07. The Morgan fingerprint density at radius 1 is 1.35 bits per heavy atom. The van der Waals surface area contributed by atoms with Crippen LogP contribution in [-0.2, 0) is 17.7 Å². The molecule has 0 amide bonds. The fourth-order valence-electron chi connectivity index (χ4n) is 2.07. The minimum Gasteiger partial charge on any atom is -0.378 e. The highest BCUT2D eigenvalue weighted by Crippen LogP contribution is 2.17. The van der Waals surface area contributed by atoms with Gasteiger partial charge in [0.2, 0.25) is 0 Å². The summed E-state index contributed by atoms with van der Waals surface area (Å²) < 4.78 is 5.37. The second-order valence-corrected chi connectivity index (χ2v) is 4.31. The Balaban J connectivity index is 2.21. The Hall–Kier alpha value is -1.13. The molecule has 1 fully saturated rings. The Labute approximate surface area is 103 Å². The lowest BCUT2D eigenvalue weighted by Crippen LogP contribution is -2.37. The lowest BCUT2D eigenvalue weighted by atomic mass is 10.2. The molecular formula is C13H21N3O. The Bertz CT molecular complexity index is 362. The topological polar surface area (TPSA) is 37.4 Å². The summed E-state index contributed by atoms with van der Waals surface area (Å²) in [5.41, 5.74) is 2.47. The minimum atomic E-state index is 0.805. The molecule has 0 atom stereocenters. The molecule has 94 valence electrons. The van der Waals surface area contributed by atoms with Crippen LogP contribution in [0.2, 0.25) is 0 Å². The van der Waals surface area contributed by atoms with Gasteiger partial charge in [0.25, 0.3) is 0 Å². The number of hydrogen-bond donors (Lipinski definition) is 1. The van der Waals surface area contributed by atoms with Gasteiger partial charge in [-0.05, 0) is 31.2 Å². The highest BCUT2D eigenvalue weighted by molar-refractivity contribution is 5.43. The molecule has 4 nitrogen and oxygen atoms in total. The molecule has 2 rings (SSSR count). The van der Waals surface area contributed by atoms with Crippen molar-refractivity contribution in [3.05, 3.63) is 23.4 Å². The molecule has 17 heavy (non-hydrogen) atoms. The van der Waals surface area contributed by atoms with Crippen LogP contribution in [0.4, 0.5) is 5.82 Å². The molecule has 4 heteroatoms. The number of nitrogens with one attached hydrogen (secondary N) is 1. The van der Waals surface area contributed by atoms with E-state index in [1.54, 1.807) is 0 Å². The first-order valence-corrected chi connectivity index (χ1v) is 6.30. The van der Waals surface area contributed by atoms with Crippen LogP contribution >= 0.6 is 0 Å². The largest absolute Gasteiger partial charge is 0.378 e. The highest BCUT2D eigenvalue weighted by Gasteiger charge is 2.13. The Morgan fingerprint density at radius 3 is 2.76 bits per heavy atom. The monoisotopic (exact) mass is 235 g/mol. The number of anilines is 1. The molecule has 1 saturated heterocycles. The summed E-state index contributed by atoms with van der Waals surface area (Å²) in [6.45, 7) is 6.54. The van der Waals surface area contributed by atoms with E-state index < -0.39 is 0 Å². The number of ether oxygens (including phenoxy) is 1. The smallest absolute Gasteiger partial charge is 0.129 e. The van der Waals surface area contributed by atoms with Crippen LogP contribution in [0.25, 0.3) is 0 Å². The van der Waals surface area contributed by atoms with Gasteiger partial charge in [-0.15, -0.1) is 0 Å². The number of aromatic nitrogens is 1. The van der Waals surface area contributed by atoms with Gasteiger partial charge in [-0.2, -0.15) is 0 Å². The van der Waals surface area contributed by atoms with E-state index in [9.17, 15) is 0 Å². The molecule has 2 heterocycles. The first kappa shape index (κ1) is 12.3. The average Bonchev–Trinajstić information content (AvgIpc) is 2.40. The number of nitrogens with zero attached hydrogens (tertiary/aromatic N) is 2. The van der Waals surface area contributed by atoms with Crippen LogP contribution in [0, 0.1) is 0 Å². The molecule has 1 aliphatic heterocycles. The molecule has 1 aromatic rings. The van der Waals surface area contributed by atoms with Gasteiger partial charge in [0.15, 0.2) is 0 Å². The molecule has 0 aliphatic carbocycles. The van der Waals surface area contributed by atoms with E-state index >= 15 is 0 Å². The van der Waals surface area contributed by atoms with Crippen molar-refractivity contribution in [2.75, 3.05) is 38.3 Å². The van der Waals surface area contributed by atoms with Gasteiger partial charge < -0.3 is 15.0 Å². The minimum absolute atomic E-state index is 0.805. The first-order chi connectivity index (χ1) is 8.33. The average molecular weight is 235 g/mol. The Morgan fingerprint density at radius 2 is 2.12 bits per heavy atom. The molecule has 1 aliphatic rings. The van der Waals surface area contributed by atoms with Crippen LogP contribution in [0.5, 0.6) is 0 Å². The third-order valence-electron chi connectivity index (χ3n) is 3.00. The third kappa shape index (κ3) is 3.17. The first-order valence-electron chi connectivity index (χ1n) is 6.30. The summed E-state index contributed by atoms with van der Waals surface area (Å²) in [7, 11) is 1.97. The summed E-state index contributed by atoms with van der Waals surface area (Å²) in [4.78, 5) is 7.01. The predicted molar refractivity (Wildman–Crippen MR) is 69.4 cm³/mol. The quantitative estimate of drug-likeness (QED) is 0.851. The maximum absolute atomic E-state index is 5.37. The molecule has 0 spiro atoms. The van der Waals surface area contributed by atoms with Gasteiger partial charge in [0, 0.05) is 25.3 Å². The highest BCUT2D eigenvalue weighted by atomic mass is 16.5. The number of hydrogen-bond acceptors (Lipinski definition) is 4. The van der Waals surface area contributed by atoms with Crippen molar-refractivity contribution in [1.29, 1.82) is 0 Å². The summed E-state index contributed by atoms with van der Waals surface area (Å²) in [5.74, 6) is 1.10. The second-order valence-electron chi connectivity index (χ2n) is 4.31. The fraction of sp³-hybridized carbons (Fsp3) is 0.615. The van der Waals surface area contributed by atoms with Crippen molar-refractivity contribution in [2.45, 2.75) is 19.9 Å². The molecule has 1 aromatic heterocycles. The van der Waals surface area contributed by atoms with Crippen molar-refractivity contribution in [3.8, 4) is 0 Å². The zero-order valence-electron chi connectivity index (χ0n) is 10.7. The van der Waals surface area contributed by atoms with Crippen molar-refractivity contribution >= 4 is 5.82 Å². The maximum atomic E-state index is 5.37. The summed E-state index contributed by atoms with van der Waals surface area (Å²) in [6, 6.07) is 4.36. The second kappa shape index (κ2) is 5.98. The zero-order chi connectivity index (χ0) is 12.1. The standard InChI is InChI=1S/C13H21N3O/c1-3-12-8-11(10-14-2)9-13(15-12)16-4-6-17-7-5-16/h8-9,14H,3-7,10H2,1-2H3. The van der Waals surface area contributed by atoms with Gasteiger partial charge in [-0.25, -0.2) is 4.98 Å². The van der Waals surface area contributed by atoms with Crippen molar-refractivity contribution in [3.63, 3.8) is 0 Å². The molecule has 1 N–H and O–H groups in total. The number of pyridine rings is 1. The van der Waals surface area contributed by atoms with Gasteiger partial charge in [0.1, 0.15) is 5.82 Å². The Kier molecular flexibility index (Phi) is 4.34. The van der Waals surface area contributed by atoms with Crippen LogP contribution in [0.15, 0.2) is 12.1 Å². The summed E-state index contributed by atoms with van der Waals surface area (Å²) in [5, 5.41) is 3.19. The van der Waals surface area contributed by atoms with E-state index in [0.29, 0.717) is 0 Å². The molecule has 0 aromatic carbocycles. The summed E-state index contributed by atoms with van der Waals surface area (Å²) >= 11 is 0. The molecule has 0 unspecified atom stereocenters. The molecule has 0 bridgehead atoms. The normalized spacial score (nSPS) is 16.2. The SMILES string of the molecule is CCc1cc(CNC)cc(N2CCOCC2)n1. The number of morpholine rings is 1. The van der Waals surface area contributed by atoms with Crippen molar-refractivity contribution < 1.29 is 4.74 Å². The van der Waals surface area contributed by atoms with Crippen LogP contribution < -0.4 is 10.2 Å². The van der Waals surface area contributed by atoms with Crippen LogP contribution in [-0.4, -0.2) is 38.3 Å². The summed E-state index contributed by atoms with van der Waals surface area (Å²) in [6.07, 6.45) is 0.981. The van der Waals surface area contributed by atoms with Gasteiger partial charge >= 0.3 is 0 Å². The third-order valence-corrected chi connectivity index (χ3v) is 3.00. The molecular weight excluding hydrogens is 214 g/mol.